The largest absolute Gasteiger partial charge is 0.483 e. The van der Waals surface area contributed by atoms with Crippen molar-refractivity contribution in [2.45, 2.75) is 25.6 Å². The normalized spacial score (nSPS) is 12.2. The fourth-order valence-corrected chi connectivity index (χ4v) is 1.95. The molecule has 0 amide bonds. The summed E-state index contributed by atoms with van der Waals surface area (Å²) in [5.41, 5.74) is 5.45. The van der Waals surface area contributed by atoms with Gasteiger partial charge in [-0.3, -0.25) is 0 Å². The number of hydrogen-bond acceptors (Lipinski definition) is 2. The Hall–Kier alpha value is -2.17. The van der Waals surface area contributed by atoms with Crippen molar-refractivity contribution in [3.8, 4) is 5.75 Å². The van der Waals surface area contributed by atoms with Gasteiger partial charge < -0.3 is 10.5 Å². The predicted molar refractivity (Wildman–Crippen MR) is 76.0 cm³/mol. The number of rotatable bonds is 3. The summed E-state index contributed by atoms with van der Waals surface area (Å²) >= 11 is 0. The van der Waals surface area contributed by atoms with Gasteiger partial charge >= 0.3 is 6.18 Å². The van der Waals surface area contributed by atoms with E-state index < -0.39 is 17.3 Å². The Kier molecular flexibility index (Phi) is 3.85. The van der Waals surface area contributed by atoms with E-state index >= 15 is 0 Å². The Balaban J connectivity index is 2.21. The first kappa shape index (κ1) is 15.2. The quantitative estimate of drug-likeness (QED) is 0.840. The summed E-state index contributed by atoms with van der Waals surface area (Å²) in [6.07, 6.45) is -4.33. The van der Waals surface area contributed by atoms with E-state index in [-0.39, 0.29) is 0 Å². The number of anilines is 1. The Labute approximate surface area is 121 Å². The molecule has 0 aliphatic heterocycles. The van der Waals surface area contributed by atoms with E-state index in [1.807, 2.05) is 0 Å². The summed E-state index contributed by atoms with van der Waals surface area (Å²) in [5.74, 6) is 0.606. The third-order valence-corrected chi connectivity index (χ3v) is 3.16. The Morgan fingerprint density at radius 2 is 1.29 bits per heavy atom. The first-order valence-electron chi connectivity index (χ1n) is 6.41. The lowest BCUT2D eigenvalue weighted by Gasteiger charge is -2.27. The number of alkyl halides is 3. The van der Waals surface area contributed by atoms with E-state index in [0.717, 1.165) is 12.1 Å². The molecule has 0 spiro atoms. The second-order valence-electron chi connectivity index (χ2n) is 5.26. The van der Waals surface area contributed by atoms with Crippen LogP contribution in [-0.2, 0) is 11.8 Å². The molecule has 0 aromatic heterocycles. The molecule has 0 unspecified atom stereocenters. The molecule has 0 saturated heterocycles. The first-order chi connectivity index (χ1) is 9.68. The van der Waals surface area contributed by atoms with Gasteiger partial charge in [0.15, 0.2) is 0 Å². The lowest BCUT2D eigenvalue weighted by atomic mass is 9.96. The van der Waals surface area contributed by atoms with Crippen molar-refractivity contribution >= 4 is 5.69 Å². The molecule has 0 aliphatic rings. The monoisotopic (exact) mass is 295 g/mol. The standard InChI is InChI=1S/C16H16F3NO/c1-15(2,21-14-9-7-13(20)8-10-14)11-3-5-12(6-4-11)16(17,18)19/h3-10H,20H2,1-2H3. The van der Waals surface area contributed by atoms with Crippen LogP contribution in [0.4, 0.5) is 18.9 Å². The number of hydrogen-bond donors (Lipinski definition) is 1. The minimum atomic E-state index is -4.33. The van der Waals surface area contributed by atoms with E-state index in [2.05, 4.69) is 0 Å². The third kappa shape index (κ3) is 3.68. The number of benzene rings is 2. The van der Waals surface area contributed by atoms with E-state index in [4.69, 9.17) is 10.5 Å². The second-order valence-corrected chi connectivity index (χ2v) is 5.26. The van der Waals surface area contributed by atoms with Crippen molar-refractivity contribution in [3.05, 3.63) is 59.7 Å². The molecule has 2 aromatic rings. The van der Waals surface area contributed by atoms with Gasteiger partial charge in [0.05, 0.1) is 5.56 Å². The van der Waals surface area contributed by atoms with Crippen LogP contribution in [0.5, 0.6) is 5.75 Å². The Morgan fingerprint density at radius 1 is 0.810 bits per heavy atom. The van der Waals surface area contributed by atoms with E-state index in [1.54, 1.807) is 38.1 Å². The Morgan fingerprint density at radius 3 is 1.76 bits per heavy atom. The van der Waals surface area contributed by atoms with E-state index in [9.17, 15) is 13.2 Å². The SMILES string of the molecule is CC(C)(Oc1ccc(N)cc1)c1ccc(C(F)(F)F)cc1. The summed E-state index contributed by atoms with van der Waals surface area (Å²) < 4.78 is 43.5. The smallest absolute Gasteiger partial charge is 0.416 e. The minimum Gasteiger partial charge on any atom is -0.483 e. The maximum atomic E-state index is 12.6. The number of nitrogens with two attached hydrogens (primary N) is 1. The zero-order valence-corrected chi connectivity index (χ0v) is 11.7. The summed E-state index contributed by atoms with van der Waals surface area (Å²) in [6, 6.07) is 11.8. The number of halogens is 3. The molecule has 112 valence electrons. The molecule has 0 radical (unpaired) electrons. The summed E-state index contributed by atoms with van der Waals surface area (Å²) in [4.78, 5) is 0. The van der Waals surface area contributed by atoms with Crippen LogP contribution in [0.3, 0.4) is 0 Å². The zero-order chi connectivity index (χ0) is 15.7. The molecule has 0 fully saturated rings. The molecule has 2 aromatic carbocycles. The van der Waals surface area contributed by atoms with Crippen LogP contribution in [0.1, 0.15) is 25.0 Å². The topological polar surface area (TPSA) is 35.2 Å². The van der Waals surface area contributed by atoms with Crippen LogP contribution in [0.15, 0.2) is 48.5 Å². The van der Waals surface area contributed by atoms with Crippen molar-refractivity contribution in [2.75, 3.05) is 5.73 Å². The highest BCUT2D eigenvalue weighted by molar-refractivity contribution is 5.42. The predicted octanol–water partition coefficient (Wildman–Crippen LogP) is 4.60. The highest BCUT2D eigenvalue weighted by Crippen LogP contribution is 2.32. The van der Waals surface area contributed by atoms with Gasteiger partial charge in [0.2, 0.25) is 0 Å². The summed E-state index contributed by atoms with van der Waals surface area (Å²) in [7, 11) is 0. The lowest BCUT2D eigenvalue weighted by Crippen LogP contribution is -2.25. The maximum absolute atomic E-state index is 12.6. The molecule has 5 heteroatoms. The summed E-state index contributed by atoms with van der Waals surface area (Å²) in [6.45, 7) is 3.60. The molecule has 0 bridgehead atoms. The molecule has 0 heterocycles. The van der Waals surface area contributed by atoms with Gasteiger partial charge in [-0.05, 0) is 55.8 Å². The second kappa shape index (κ2) is 5.31. The summed E-state index contributed by atoms with van der Waals surface area (Å²) in [5, 5.41) is 0. The molecule has 21 heavy (non-hydrogen) atoms. The van der Waals surface area contributed by atoms with Crippen molar-refractivity contribution in [1.29, 1.82) is 0 Å². The average Bonchev–Trinajstić information content (AvgIpc) is 2.40. The number of ether oxygens (including phenoxy) is 1. The molecule has 0 aliphatic carbocycles. The van der Waals surface area contributed by atoms with Crippen LogP contribution in [0.2, 0.25) is 0 Å². The van der Waals surface area contributed by atoms with Gasteiger partial charge in [-0.1, -0.05) is 12.1 Å². The molecule has 2 nitrogen and oxygen atoms in total. The van der Waals surface area contributed by atoms with Gasteiger partial charge in [0.25, 0.3) is 0 Å². The van der Waals surface area contributed by atoms with Gasteiger partial charge in [-0.25, -0.2) is 0 Å². The van der Waals surface area contributed by atoms with E-state index in [0.29, 0.717) is 17.0 Å². The third-order valence-electron chi connectivity index (χ3n) is 3.16. The van der Waals surface area contributed by atoms with Gasteiger partial charge in [-0.15, -0.1) is 0 Å². The van der Waals surface area contributed by atoms with Crippen LogP contribution >= 0.6 is 0 Å². The molecule has 0 atom stereocenters. The molecular formula is C16H16F3NO. The highest BCUT2D eigenvalue weighted by atomic mass is 19.4. The van der Waals surface area contributed by atoms with Crippen LogP contribution in [0.25, 0.3) is 0 Å². The first-order valence-corrected chi connectivity index (χ1v) is 6.41. The fraction of sp³-hybridized carbons (Fsp3) is 0.250. The Bertz CT molecular complexity index is 601. The average molecular weight is 295 g/mol. The molecular weight excluding hydrogens is 279 g/mol. The van der Waals surface area contributed by atoms with Crippen molar-refractivity contribution in [3.63, 3.8) is 0 Å². The highest BCUT2D eigenvalue weighted by Gasteiger charge is 2.31. The van der Waals surface area contributed by atoms with Gasteiger partial charge in [0.1, 0.15) is 11.4 Å². The van der Waals surface area contributed by atoms with Crippen molar-refractivity contribution < 1.29 is 17.9 Å². The van der Waals surface area contributed by atoms with Crippen LogP contribution < -0.4 is 10.5 Å². The number of nitrogen functional groups attached to an aromatic ring is 1. The molecule has 0 saturated carbocycles. The van der Waals surface area contributed by atoms with Crippen molar-refractivity contribution in [2.24, 2.45) is 0 Å². The fourth-order valence-electron chi connectivity index (χ4n) is 1.95. The molecule has 2 N–H and O–H groups in total. The van der Waals surface area contributed by atoms with Gasteiger partial charge in [-0.2, -0.15) is 13.2 Å². The zero-order valence-electron chi connectivity index (χ0n) is 11.7. The van der Waals surface area contributed by atoms with Crippen LogP contribution in [0, 0.1) is 0 Å². The molecule has 2 rings (SSSR count). The minimum absolute atomic E-state index is 0.606. The van der Waals surface area contributed by atoms with Crippen molar-refractivity contribution in [1.82, 2.24) is 0 Å². The maximum Gasteiger partial charge on any atom is 0.416 e. The van der Waals surface area contributed by atoms with Crippen LogP contribution in [-0.4, -0.2) is 0 Å². The van der Waals surface area contributed by atoms with E-state index in [1.165, 1.54) is 12.1 Å². The van der Waals surface area contributed by atoms with Gasteiger partial charge in [0, 0.05) is 5.69 Å². The lowest BCUT2D eigenvalue weighted by molar-refractivity contribution is -0.137.